The van der Waals surface area contributed by atoms with Crippen LogP contribution in [0.3, 0.4) is 0 Å². The number of phenolic OH excluding ortho intramolecular Hbond substituents is 1. The number of anilines is 1. The summed E-state index contributed by atoms with van der Waals surface area (Å²) < 4.78 is 0. The number of hydrogen-bond acceptors (Lipinski definition) is 4. The highest BCUT2D eigenvalue weighted by Crippen LogP contribution is 2.18. The third kappa shape index (κ3) is 3.87. The molecule has 4 N–H and O–H groups in total. The molecule has 0 spiro atoms. The summed E-state index contributed by atoms with van der Waals surface area (Å²) in [6, 6.07) is 4.41. The number of nitrogens with zero attached hydrogens (tertiary/aromatic N) is 1. The van der Waals surface area contributed by atoms with Gasteiger partial charge in [-0.15, -0.1) is 0 Å². The van der Waals surface area contributed by atoms with Crippen molar-refractivity contribution in [2.24, 2.45) is 5.92 Å². The number of benzene rings is 1. The van der Waals surface area contributed by atoms with Gasteiger partial charge in [-0.1, -0.05) is 6.92 Å². The van der Waals surface area contributed by atoms with Crippen molar-refractivity contribution in [1.82, 2.24) is 10.2 Å². The molecule has 0 aromatic heterocycles. The van der Waals surface area contributed by atoms with Gasteiger partial charge in [0.2, 0.25) is 0 Å². The van der Waals surface area contributed by atoms with E-state index in [2.05, 4.69) is 17.1 Å². The molecular weight excluding hydrogens is 254 g/mol. The van der Waals surface area contributed by atoms with Gasteiger partial charge in [0, 0.05) is 18.8 Å². The van der Waals surface area contributed by atoms with Gasteiger partial charge in [0.1, 0.15) is 5.75 Å². The minimum Gasteiger partial charge on any atom is -0.508 e. The number of amides is 1. The van der Waals surface area contributed by atoms with Crippen molar-refractivity contribution in [2.75, 3.05) is 31.9 Å². The monoisotopic (exact) mass is 277 g/mol. The maximum absolute atomic E-state index is 12.0. The molecule has 20 heavy (non-hydrogen) atoms. The van der Waals surface area contributed by atoms with Crippen LogP contribution >= 0.6 is 0 Å². The second-order valence-corrected chi connectivity index (χ2v) is 5.59. The molecule has 110 valence electrons. The maximum atomic E-state index is 12.0. The molecule has 0 radical (unpaired) electrons. The first kappa shape index (κ1) is 14.7. The molecule has 1 heterocycles. The summed E-state index contributed by atoms with van der Waals surface area (Å²) in [6.45, 7) is 6.08. The molecule has 0 aliphatic carbocycles. The van der Waals surface area contributed by atoms with Crippen LogP contribution in [0.5, 0.6) is 5.75 Å². The number of likely N-dealkylation sites (tertiary alicyclic amines) is 1. The number of carbonyl (C=O) groups excluding carboxylic acids is 1. The highest BCUT2D eigenvalue weighted by molar-refractivity contribution is 5.99. The molecular formula is C15H23N3O2. The van der Waals surface area contributed by atoms with Gasteiger partial charge in [-0.25, -0.2) is 0 Å². The lowest BCUT2D eigenvalue weighted by atomic mass is 10.1. The Kier molecular flexibility index (Phi) is 4.84. The number of rotatable bonds is 5. The van der Waals surface area contributed by atoms with Crippen LogP contribution in [0, 0.1) is 5.92 Å². The Hall–Kier alpha value is -1.75. The summed E-state index contributed by atoms with van der Waals surface area (Å²) in [5.41, 5.74) is 6.46. The molecule has 2 rings (SSSR count). The van der Waals surface area contributed by atoms with Gasteiger partial charge in [-0.05, 0) is 50.0 Å². The van der Waals surface area contributed by atoms with Crippen LogP contribution < -0.4 is 11.1 Å². The molecule has 1 saturated heterocycles. The SMILES string of the molecule is CC(CNC(=O)c1cc(O)ccc1N)CN1CCCC1. The quantitative estimate of drug-likeness (QED) is 0.562. The smallest absolute Gasteiger partial charge is 0.253 e. The molecule has 0 saturated carbocycles. The summed E-state index contributed by atoms with van der Waals surface area (Å²) in [5.74, 6) is 0.219. The fourth-order valence-corrected chi connectivity index (χ4v) is 2.57. The summed E-state index contributed by atoms with van der Waals surface area (Å²) in [4.78, 5) is 14.5. The Morgan fingerprint density at radius 1 is 1.45 bits per heavy atom. The lowest BCUT2D eigenvalue weighted by Crippen LogP contribution is -2.34. The number of aromatic hydroxyl groups is 1. The van der Waals surface area contributed by atoms with Crippen LogP contribution in [0.4, 0.5) is 5.69 Å². The van der Waals surface area contributed by atoms with Gasteiger partial charge < -0.3 is 21.1 Å². The van der Waals surface area contributed by atoms with E-state index in [1.165, 1.54) is 31.0 Å². The van der Waals surface area contributed by atoms with Gasteiger partial charge in [-0.3, -0.25) is 4.79 Å². The van der Waals surface area contributed by atoms with Crippen LogP contribution in [-0.2, 0) is 0 Å². The lowest BCUT2D eigenvalue weighted by Gasteiger charge is -2.20. The summed E-state index contributed by atoms with van der Waals surface area (Å²) in [5, 5.41) is 12.3. The molecule has 5 heteroatoms. The highest BCUT2D eigenvalue weighted by Gasteiger charge is 2.16. The van der Waals surface area contributed by atoms with Gasteiger partial charge in [0.15, 0.2) is 0 Å². The van der Waals surface area contributed by atoms with E-state index in [0.717, 1.165) is 19.6 Å². The first-order valence-electron chi connectivity index (χ1n) is 7.15. The van der Waals surface area contributed by atoms with Crippen molar-refractivity contribution in [3.05, 3.63) is 23.8 Å². The molecule has 0 bridgehead atoms. The van der Waals surface area contributed by atoms with Crippen LogP contribution in [0.2, 0.25) is 0 Å². The third-order valence-electron chi connectivity index (χ3n) is 3.66. The van der Waals surface area contributed by atoms with E-state index in [4.69, 9.17) is 5.73 Å². The molecule has 1 aliphatic rings. The zero-order valence-corrected chi connectivity index (χ0v) is 11.9. The summed E-state index contributed by atoms with van der Waals surface area (Å²) in [6.07, 6.45) is 2.55. The zero-order valence-electron chi connectivity index (χ0n) is 11.9. The minimum atomic E-state index is -0.230. The second-order valence-electron chi connectivity index (χ2n) is 5.59. The number of nitrogen functional groups attached to an aromatic ring is 1. The van der Waals surface area contributed by atoms with Crippen molar-refractivity contribution in [3.8, 4) is 5.75 Å². The fraction of sp³-hybridized carbons (Fsp3) is 0.533. The number of hydrogen-bond donors (Lipinski definition) is 3. The average Bonchev–Trinajstić information content (AvgIpc) is 2.91. The van der Waals surface area contributed by atoms with Crippen molar-refractivity contribution in [3.63, 3.8) is 0 Å². The van der Waals surface area contributed by atoms with E-state index in [-0.39, 0.29) is 11.7 Å². The van der Waals surface area contributed by atoms with E-state index in [9.17, 15) is 9.90 Å². The second kappa shape index (κ2) is 6.61. The molecule has 1 fully saturated rings. The Morgan fingerprint density at radius 3 is 2.85 bits per heavy atom. The van der Waals surface area contributed by atoms with E-state index >= 15 is 0 Å². The van der Waals surface area contributed by atoms with E-state index in [1.807, 2.05) is 0 Å². The van der Waals surface area contributed by atoms with Gasteiger partial charge >= 0.3 is 0 Å². The van der Waals surface area contributed by atoms with E-state index in [0.29, 0.717) is 23.7 Å². The van der Waals surface area contributed by atoms with Crippen LogP contribution in [0.25, 0.3) is 0 Å². The standard InChI is InChI=1S/C15H23N3O2/c1-11(10-18-6-2-3-7-18)9-17-15(20)13-8-12(19)4-5-14(13)16/h4-5,8,11,19H,2-3,6-7,9-10,16H2,1H3,(H,17,20). The summed E-state index contributed by atoms with van der Waals surface area (Å²) in [7, 11) is 0. The largest absolute Gasteiger partial charge is 0.508 e. The molecule has 1 atom stereocenters. The van der Waals surface area contributed by atoms with Gasteiger partial charge in [-0.2, -0.15) is 0 Å². The third-order valence-corrected chi connectivity index (χ3v) is 3.66. The Balaban J connectivity index is 1.83. The highest BCUT2D eigenvalue weighted by atomic mass is 16.3. The van der Waals surface area contributed by atoms with E-state index in [1.54, 1.807) is 0 Å². The molecule has 1 aromatic rings. The first-order valence-corrected chi connectivity index (χ1v) is 7.15. The fourth-order valence-electron chi connectivity index (χ4n) is 2.57. The molecule has 1 unspecified atom stereocenters. The first-order chi connectivity index (χ1) is 9.56. The van der Waals surface area contributed by atoms with Gasteiger partial charge in [0.25, 0.3) is 5.91 Å². The molecule has 5 nitrogen and oxygen atoms in total. The molecule has 1 aromatic carbocycles. The Morgan fingerprint density at radius 2 is 2.15 bits per heavy atom. The van der Waals surface area contributed by atoms with Crippen LogP contribution in [-0.4, -0.2) is 42.1 Å². The van der Waals surface area contributed by atoms with Crippen molar-refractivity contribution < 1.29 is 9.90 Å². The lowest BCUT2D eigenvalue weighted by molar-refractivity contribution is 0.0945. The normalized spacial score (nSPS) is 17.1. The Bertz CT molecular complexity index is 470. The summed E-state index contributed by atoms with van der Waals surface area (Å²) >= 11 is 0. The molecule has 1 amide bonds. The van der Waals surface area contributed by atoms with Gasteiger partial charge in [0.05, 0.1) is 5.56 Å². The minimum absolute atomic E-state index is 0.0504. The van der Waals surface area contributed by atoms with E-state index < -0.39 is 0 Å². The van der Waals surface area contributed by atoms with Crippen molar-refractivity contribution >= 4 is 11.6 Å². The van der Waals surface area contributed by atoms with Crippen molar-refractivity contribution in [2.45, 2.75) is 19.8 Å². The van der Waals surface area contributed by atoms with Crippen molar-refractivity contribution in [1.29, 1.82) is 0 Å². The Labute approximate surface area is 119 Å². The van der Waals surface area contributed by atoms with Crippen LogP contribution in [0.1, 0.15) is 30.1 Å². The average molecular weight is 277 g/mol. The maximum Gasteiger partial charge on any atom is 0.253 e. The number of carbonyl (C=O) groups is 1. The number of nitrogens with one attached hydrogen (secondary N) is 1. The molecule has 1 aliphatic heterocycles. The number of nitrogens with two attached hydrogens (primary N) is 1. The number of phenols is 1. The predicted molar refractivity (Wildman–Crippen MR) is 79.7 cm³/mol. The zero-order chi connectivity index (χ0) is 14.5. The van der Waals surface area contributed by atoms with Crippen LogP contribution in [0.15, 0.2) is 18.2 Å². The predicted octanol–water partition coefficient (Wildman–Crippen LogP) is 1.44. The topological polar surface area (TPSA) is 78.6 Å².